The van der Waals surface area contributed by atoms with E-state index < -0.39 is 0 Å². The number of hydrogen-bond donors (Lipinski definition) is 0. The molecule has 0 N–H and O–H groups in total. The molecule has 46 valence electrons. The van der Waals surface area contributed by atoms with Crippen LogP contribution in [0.4, 0.5) is 0 Å². The smallest absolute Gasteiger partial charge is 2.00 e. The second kappa shape index (κ2) is 281. The van der Waals surface area contributed by atoms with Gasteiger partial charge in [0.05, 0.1) is 0 Å². The Hall–Kier alpha value is 1.24. The van der Waals surface area contributed by atoms with Gasteiger partial charge in [0, 0.05) is 5.48 Å². The van der Waals surface area contributed by atoms with E-state index in [2.05, 4.69) is 0 Å². The zero-order valence-electron chi connectivity index (χ0n) is 3.34. The van der Waals surface area contributed by atoms with Crippen molar-refractivity contribution in [1.82, 2.24) is 0 Å². The van der Waals surface area contributed by atoms with Crippen LogP contribution in [0.5, 0.6) is 0 Å². The molecule has 0 heterocycles. The first-order valence-electron chi connectivity index (χ1n) is 0. The summed E-state index contributed by atoms with van der Waals surface area (Å²) in [5.74, 6) is 0. The van der Waals surface area contributed by atoms with E-state index in [0.29, 0.717) is 0 Å². The van der Waals surface area contributed by atoms with E-state index >= 15 is 0 Å². The molecular formula is O6Ta2. The molecule has 0 bridgehead atoms. The van der Waals surface area contributed by atoms with Crippen LogP contribution < -0.4 is 0 Å². The summed E-state index contributed by atoms with van der Waals surface area (Å²) in [4.78, 5) is 0. The molecule has 0 rings (SSSR count). The average Bonchev–Trinajstić information content (AvgIpc) is 0. The van der Waals surface area contributed by atoms with E-state index in [1.54, 1.807) is 0 Å². The van der Waals surface area contributed by atoms with Crippen LogP contribution in [-0.2, 0) is 77.6 Å². The number of rotatable bonds is 0. The second-order valence-corrected chi connectivity index (χ2v) is 0. The van der Waals surface area contributed by atoms with Crippen molar-refractivity contribution in [3.8, 4) is 0 Å². The first-order chi connectivity index (χ1) is 0. The molecular weight excluding hydrogens is 458 g/mol. The molecule has 0 aromatic rings. The molecule has 0 aromatic heterocycles. The van der Waals surface area contributed by atoms with Gasteiger partial charge in [-0.3, -0.25) is 0 Å². The Kier molecular flexibility index (Phi) is 14300. The van der Waals surface area contributed by atoms with E-state index in [0.717, 1.165) is 0 Å². The molecule has 0 aliphatic rings. The molecule has 0 spiro atoms. The van der Waals surface area contributed by atoms with Gasteiger partial charge in [0.2, 0.25) is 0 Å². The fourth-order valence-corrected chi connectivity index (χ4v) is 0. The third-order valence-corrected chi connectivity index (χ3v) is 0. The van der Waals surface area contributed by atoms with Crippen molar-refractivity contribution >= 4 is 0 Å². The topological polar surface area (TPSA) is 171 Å². The summed E-state index contributed by atoms with van der Waals surface area (Å²) in [6.07, 6.45) is 0. The zero-order valence-corrected chi connectivity index (χ0v) is 9.77. The van der Waals surface area contributed by atoms with E-state index in [9.17, 15) is 0 Å². The normalized spacial score (nSPS) is 0. The van der Waals surface area contributed by atoms with Crippen LogP contribution in [0.3, 0.4) is 0 Å². The minimum atomic E-state index is 0. The van der Waals surface area contributed by atoms with E-state index in [1.165, 1.54) is 0 Å². The molecule has 8 heteroatoms. The molecule has 0 aliphatic heterocycles. The Morgan fingerprint density at radius 3 is 0.375 bits per heavy atom. The van der Waals surface area contributed by atoms with Crippen LogP contribution in [-0.4, -0.2) is 0 Å². The van der Waals surface area contributed by atoms with Gasteiger partial charge in [-0.15, -0.1) is 0 Å². The maximum absolute atomic E-state index is 0. The first-order valence-corrected chi connectivity index (χ1v) is 0. The van der Waals surface area contributed by atoms with Crippen LogP contribution in [0.2, 0.25) is 0 Å². The summed E-state index contributed by atoms with van der Waals surface area (Å²) in [5, 5.41) is 0. The molecule has 0 fully saturated rings. The predicted octanol–water partition coefficient (Wildman–Crippen LogP) is -0.718. The maximum Gasteiger partial charge on any atom is 5.00 e. The molecule has 0 saturated heterocycles. The molecule has 0 unspecified atom stereocenters. The Morgan fingerprint density at radius 2 is 0.375 bits per heavy atom. The minimum Gasteiger partial charge on any atom is -2.00 e. The Bertz CT molecular complexity index is 6.49. The zero-order chi connectivity index (χ0) is 0. The molecule has 0 atom stereocenters. The van der Waals surface area contributed by atoms with Crippen molar-refractivity contribution in [2.75, 3.05) is 0 Å². The fraction of sp³-hybridized carbons (Fsp3) is 0. The third-order valence-electron chi connectivity index (χ3n) is 0. The molecule has 0 aromatic carbocycles. The van der Waals surface area contributed by atoms with Crippen molar-refractivity contribution in [2.45, 2.75) is 0 Å². The maximum atomic E-state index is 0. The second-order valence-electron chi connectivity index (χ2n) is 0. The standard InChI is InChI=1S/6O.2Ta/q;5*-2;2*+5. The van der Waals surface area contributed by atoms with Crippen molar-refractivity contribution in [2.24, 2.45) is 0 Å². The van der Waals surface area contributed by atoms with E-state index in [4.69, 9.17) is 0 Å². The van der Waals surface area contributed by atoms with Gasteiger partial charge in [0.25, 0.3) is 0 Å². The van der Waals surface area contributed by atoms with Crippen molar-refractivity contribution in [3.63, 3.8) is 0 Å². The van der Waals surface area contributed by atoms with Gasteiger partial charge in [0.1, 0.15) is 0 Å². The van der Waals surface area contributed by atoms with Gasteiger partial charge in [-0.25, -0.2) is 0 Å². The monoisotopic (exact) mass is 458 g/mol. The van der Waals surface area contributed by atoms with Crippen LogP contribution >= 0.6 is 0 Å². The van der Waals surface area contributed by atoms with Gasteiger partial charge >= 0.3 is 44.8 Å². The summed E-state index contributed by atoms with van der Waals surface area (Å²) >= 11 is 0. The van der Waals surface area contributed by atoms with Gasteiger partial charge in [-0.1, -0.05) is 0 Å². The van der Waals surface area contributed by atoms with Crippen LogP contribution in [0.25, 0.3) is 0 Å². The van der Waals surface area contributed by atoms with Crippen molar-refractivity contribution in [1.29, 1.82) is 0 Å². The summed E-state index contributed by atoms with van der Waals surface area (Å²) in [6.45, 7) is 0. The SMILES string of the molecule is [O-2].[O-2].[O-2].[O-2].[O-2].[O].[Ta+5].[Ta+5]. The summed E-state index contributed by atoms with van der Waals surface area (Å²) in [6, 6.07) is 0. The quantitative estimate of drug-likeness (QED) is 0.447. The Balaban J connectivity index is 0. The third kappa shape index (κ3) is 183. The minimum absolute atomic E-state index is 0. The van der Waals surface area contributed by atoms with Crippen LogP contribution in [0, 0.1) is 0 Å². The molecule has 0 amide bonds. The molecule has 8 heavy (non-hydrogen) atoms. The van der Waals surface area contributed by atoms with Crippen LogP contribution in [0.15, 0.2) is 0 Å². The van der Waals surface area contributed by atoms with E-state index in [1.807, 2.05) is 0 Å². The van der Waals surface area contributed by atoms with Gasteiger partial charge < -0.3 is 27.4 Å². The molecule has 6 nitrogen and oxygen atoms in total. The van der Waals surface area contributed by atoms with Crippen LogP contribution in [0.1, 0.15) is 0 Å². The number of hydrogen-bond acceptors (Lipinski definition) is 0. The summed E-state index contributed by atoms with van der Waals surface area (Å²) in [5.41, 5.74) is 0. The Labute approximate surface area is 77.5 Å². The summed E-state index contributed by atoms with van der Waals surface area (Å²) < 4.78 is 0. The summed E-state index contributed by atoms with van der Waals surface area (Å²) in [7, 11) is 0. The van der Waals surface area contributed by atoms with Crippen molar-refractivity contribution < 1.29 is 77.6 Å². The fourth-order valence-electron chi connectivity index (χ4n) is 0. The first kappa shape index (κ1) is 408. The van der Waals surface area contributed by atoms with E-state index in [-0.39, 0.29) is 77.6 Å². The average molecular weight is 458 g/mol. The van der Waals surface area contributed by atoms with Crippen molar-refractivity contribution in [3.05, 3.63) is 0 Å². The Morgan fingerprint density at radius 1 is 0.375 bits per heavy atom. The molecule has 2 radical (unpaired) electrons. The molecule has 0 saturated carbocycles. The van der Waals surface area contributed by atoms with Gasteiger partial charge in [-0.2, -0.15) is 0 Å². The predicted molar refractivity (Wildman–Crippen MR) is 4.12 cm³/mol. The van der Waals surface area contributed by atoms with Gasteiger partial charge in [-0.05, 0) is 0 Å². The molecule has 0 aliphatic carbocycles. The van der Waals surface area contributed by atoms with Gasteiger partial charge in [0.15, 0.2) is 0 Å². The largest absolute Gasteiger partial charge is 5.00 e.